The average Bonchev–Trinajstić information content (AvgIpc) is 2.21. The van der Waals surface area contributed by atoms with Crippen molar-refractivity contribution in [3.63, 3.8) is 0 Å². The van der Waals surface area contributed by atoms with Gasteiger partial charge in [-0.15, -0.1) is 0 Å². The highest BCUT2D eigenvalue weighted by atomic mass is 15.0. The van der Waals surface area contributed by atoms with Gasteiger partial charge in [0.1, 0.15) is 0 Å². The van der Waals surface area contributed by atoms with E-state index in [-0.39, 0.29) is 17.1 Å². The Balaban J connectivity index is 3.98. The molecule has 0 spiro atoms. The molecule has 0 aromatic carbocycles. The molecule has 98 valence electrons. The van der Waals surface area contributed by atoms with Gasteiger partial charge in [-0.25, -0.2) is 0 Å². The van der Waals surface area contributed by atoms with Crippen molar-refractivity contribution in [2.24, 2.45) is 17.2 Å². The molecule has 0 radical (unpaired) electrons. The van der Waals surface area contributed by atoms with E-state index in [9.17, 15) is 0 Å². The van der Waals surface area contributed by atoms with E-state index in [4.69, 9.17) is 17.2 Å². The van der Waals surface area contributed by atoms with Crippen molar-refractivity contribution in [1.82, 2.24) is 5.32 Å². The zero-order valence-corrected chi connectivity index (χ0v) is 11.3. The molecule has 4 heteroatoms. The van der Waals surface area contributed by atoms with Crippen LogP contribution < -0.4 is 22.5 Å². The molecule has 0 aliphatic carbocycles. The molecule has 0 aliphatic heterocycles. The molecule has 0 aromatic rings. The van der Waals surface area contributed by atoms with Gasteiger partial charge in [-0.05, 0) is 40.7 Å². The van der Waals surface area contributed by atoms with Crippen LogP contribution in [0.5, 0.6) is 0 Å². The van der Waals surface area contributed by atoms with Gasteiger partial charge in [-0.3, -0.25) is 0 Å². The maximum atomic E-state index is 6.19. The zero-order valence-electron chi connectivity index (χ0n) is 11.3. The van der Waals surface area contributed by atoms with Crippen molar-refractivity contribution in [3.05, 3.63) is 0 Å². The second-order valence-corrected chi connectivity index (χ2v) is 5.55. The van der Waals surface area contributed by atoms with Crippen molar-refractivity contribution < 1.29 is 0 Å². The summed E-state index contributed by atoms with van der Waals surface area (Å²) < 4.78 is 0. The lowest BCUT2D eigenvalue weighted by molar-refractivity contribution is 0.211. The first-order chi connectivity index (χ1) is 7.27. The monoisotopic (exact) mass is 230 g/mol. The van der Waals surface area contributed by atoms with Crippen LogP contribution in [-0.2, 0) is 0 Å². The largest absolute Gasteiger partial charge is 0.329 e. The van der Waals surface area contributed by atoms with Gasteiger partial charge in [0, 0.05) is 23.7 Å². The second-order valence-electron chi connectivity index (χ2n) is 5.55. The third-order valence-corrected chi connectivity index (χ3v) is 3.78. The van der Waals surface area contributed by atoms with E-state index in [0.717, 1.165) is 25.7 Å². The van der Waals surface area contributed by atoms with Crippen molar-refractivity contribution in [1.29, 1.82) is 0 Å². The van der Waals surface area contributed by atoms with Crippen LogP contribution in [0.4, 0.5) is 0 Å². The van der Waals surface area contributed by atoms with Crippen molar-refractivity contribution in [3.8, 4) is 0 Å². The van der Waals surface area contributed by atoms with Gasteiger partial charge in [0.25, 0.3) is 0 Å². The maximum Gasteiger partial charge on any atom is 0.0325 e. The van der Waals surface area contributed by atoms with Crippen LogP contribution in [0.25, 0.3) is 0 Å². The molecule has 0 saturated heterocycles. The van der Waals surface area contributed by atoms with Crippen LogP contribution in [-0.4, -0.2) is 30.7 Å². The summed E-state index contributed by atoms with van der Waals surface area (Å²) in [4.78, 5) is 0. The predicted octanol–water partition coefficient (Wildman–Crippen LogP) is 0.548. The van der Waals surface area contributed by atoms with E-state index < -0.39 is 0 Å². The highest BCUT2D eigenvalue weighted by molar-refractivity contribution is 4.99. The standard InChI is InChI=1S/C12H30N4/c1-11(2,15)12(3,16-4)8-6-5-7-10(14)9-13/h10,16H,5-9,13-15H2,1-4H3. The molecule has 4 nitrogen and oxygen atoms in total. The van der Waals surface area contributed by atoms with Crippen LogP contribution in [0.15, 0.2) is 0 Å². The van der Waals surface area contributed by atoms with Gasteiger partial charge in [0.15, 0.2) is 0 Å². The number of likely N-dealkylation sites (N-methyl/N-ethyl adjacent to an activating group) is 1. The minimum Gasteiger partial charge on any atom is -0.329 e. The van der Waals surface area contributed by atoms with Gasteiger partial charge in [-0.1, -0.05) is 12.8 Å². The molecule has 0 amide bonds. The summed E-state index contributed by atoms with van der Waals surface area (Å²) in [7, 11) is 1.97. The first-order valence-corrected chi connectivity index (χ1v) is 6.20. The lowest BCUT2D eigenvalue weighted by atomic mass is 9.78. The minimum atomic E-state index is -0.224. The summed E-state index contributed by atoms with van der Waals surface area (Å²) in [6.45, 7) is 6.88. The van der Waals surface area contributed by atoms with Crippen molar-refractivity contribution in [2.75, 3.05) is 13.6 Å². The number of nitrogens with one attached hydrogen (secondary N) is 1. The normalized spacial score (nSPS) is 18.2. The van der Waals surface area contributed by atoms with Crippen LogP contribution in [0.3, 0.4) is 0 Å². The highest BCUT2D eigenvalue weighted by Crippen LogP contribution is 2.25. The Morgan fingerprint density at radius 2 is 1.75 bits per heavy atom. The van der Waals surface area contributed by atoms with Crippen LogP contribution >= 0.6 is 0 Å². The minimum absolute atomic E-state index is 0.0280. The summed E-state index contributed by atoms with van der Waals surface area (Å²) in [6, 6.07) is 0.145. The van der Waals surface area contributed by atoms with Crippen LogP contribution in [0.1, 0.15) is 46.5 Å². The Morgan fingerprint density at radius 3 is 2.12 bits per heavy atom. The smallest absolute Gasteiger partial charge is 0.0325 e. The fourth-order valence-electron chi connectivity index (χ4n) is 1.77. The molecule has 0 fully saturated rings. The molecule has 0 bridgehead atoms. The maximum absolute atomic E-state index is 6.19. The van der Waals surface area contributed by atoms with E-state index in [0.29, 0.717) is 6.54 Å². The van der Waals surface area contributed by atoms with Gasteiger partial charge in [-0.2, -0.15) is 0 Å². The predicted molar refractivity (Wildman–Crippen MR) is 71.2 cm³/mol. The molecular weight excluding hydrogens is 200 g/mol. The molecule has 0 rings (SSSR count). The second kappa shape index (κ2) is 6.55. The van der Waals surface area contributed by atoms with Gasteiger partial charge >= 0.3 is 0 Å². The Bertz CT molecular complexity index is 188. The van der Waals surface area contributed by atoms with Crippen molar-refractivity contribution >= 4 is 0 Å². The topological polar surface area (TPSA) is 90.1 Å². The molecule has 2 atom stereocenters. The molecule has 0 aromatic heterocycles. The van der Waals surface area contributed by atoms with E-state index in [1.54, 1.807) is 0 Å². The van der Waals surface area contributed by atoms with Crippen LogP contribution in [0, 0.1) is 0 Å². The van der Waals surface area contributed by atoms with Gasteiger partial charge < -0.3 is 22.5 Å². The fourth-order valence-corrected chi connectivity index (χ4v) is 1.77. The number of unbranched alkanes of at least 4 members (excludes halogenated alkanes) is 1. The molecular formula is C12H30N4. The molecule has 0 aliphatic rings. The first-order valence-electron chi connectivity index (χ1n) is 6.20. The molecule has 2 unspecified atom stereocenters. The third kappa shape index (κ3) is 4.78. The third-order valence-electron chi connectivity index (χ3n) is 3.78. The average molecular weight is 230 g/mol. The summed E-state index contributed by atoms with van der Waals surface area (Å²) in [5.74, 6) is 0. The summed E-state index contributed by atoms with van der Waals surface area (Å²) >= 11 is 0. The number of hydrogen-bond acceptors (Lipinski definition) is 4. The van der Waals surface area contributed by atoms with Gasteiger partial charge in [0.2, 0.25) is 0 Å². The Labute approximate surface area is 100 Å². The lowest BCUT2D eigenvalue weighted by Gasteiger charge is -2.42. The van der Waals surface area contributed by atoms with E-state index >= 15 is 0 Å². The fraction of sp³-hybridized carbons (Fsp3) is 1.00. The first kappa shape index (κ1) is 15.8. The Morgan fingerprint density at radius 1 is 1.19 bits per heavy atom. The lowest BCUT2D eigenvalue weighted by Crippen LogP contribution is -2.61. The molecule has 0 saturated carbocycles. The Kier molecular flexibility index (Phi) is 6.48. The summed E-state index contributed by atoms with van der Waals surface area (Å²) in [6.07, 6.45) is 4.31. The highest BCUT2D eigenvalue weighted by Gasteiger charge is 2.35. The summed E-state index contributed by atoms with van der Waals surface area (Å²) in [5, 5.41) is 3.34. The van der Waals surface area contributed by atoms with E-state index in [2.05, 4.69) is 26.1 Å². The summed E-state index contributed by atoms with van der Waals surface area (Å²) in [5.41, 5.74) is 17.2. The van der Waals surface area contributed by atoms with Crippen molar-refractivity contribution in [2.45, 2.75) is 63.6 Å². The molecule has 0 heterocycles. The SMILES string of the molecule is CNC(C)(CCCCC(N)CN)C(C)(C)N. The molecule has 7 N–H and O–H groups in total. The van der Waals surface area contributed by atoms with Gasteiger partial charge in [0.05, 0.1) is 0 Å². The number of rotatable bonds is 8. The Hall–Kier alpha value is -0.160. The zero-order chi connectivity index (χ0) is 12.8. The van der Waals surface area contributed by atoms with E-state index in [1.165, 1.54) is 0 Å². The number of hydrogen-bond donors (Lipinski definition) is 4. The number of nitrogens with two attached hydrogens (primary N) is 3. The quantitative estimate of drug-likeness (QED) is 0.458. The molecule has 16 heavy (non-hydrogen) atoms. The van der Waals surface area contributed by atoms with Crippen LogP contribution in [0.2, 0.25) is 0 Å². The van der Waals surface area contributed by atoms with E-state index in [1.807, 2.05) is 7.05 Å².